The maximum absolute atomic E-state index is 5.93. The first-order chi connectivity index (χ1) is 7.75. The predicted molar refractivity (Wildman–Crippen MR) is 63.6 cm³/mol. The average Bonchev–Trinajstić information content (AvgIpc) is 2.85. The van der Waals surface area contributed by atoms with Crippen LogP contribution < -0.4 is 5.73 Å². The van der Waals surface area contributed by atoms with Gasteiger partial charge < -0.3 is 10.3 Å². The number of nitrogen functional groups attached to an aromatic ring is 1. The molecule has 1 aliphatic heterocycles. The van der Waals surface area contributed by atoms with E-state index in [9.17, 15) is 0 Å². The molecule has 82 valence electrons. The lowest BCUT2D eigenvalue weighted by Gasteiger charge is -2.05. The maximum atomic E-state index is 5.93. The van der Waals surface area contributed by atoms with Crippen molar-refractivity contribution in [1.29, 1.82) is 0 Å². The van der Waals surface area contributed by atoms with E-state index in [4.69, 9.17) is 5.73 Å². The molecule has 0 amide bonds. The molecule has 0 bridgehead atoms. The quantitative estimate of drug-likeness (QED) is 0.801. The minimum Gasteiger partial charge on any atom is -0.383 e. The van der Waals surface area contributed by atoms with Crippen LogP contribution in [0.4, 0.5) is 5.82 Å². The molecular weight excluding hydrogens is 222 g/mol. The highest BCUT2D eigenvalue weighted by Gasteiger charge is 2.19. The van der Waals surface area contributed by atoms with E-state index in [1.807, 2.05) is 29.6 Å². The molecule has 0 atom stereocenters. The average molecular weight is 233 g/mol. The second-order valence-electron chi connectivity index (χ2n) is 3.71. The van der Waals surface area contributed by atoms with Crippen LogP contribution in [-0.2, 0) is 18.6 Å². The molecule has 0 unspecified atom stereocenters. The molecule has 0 aliphatic carbocycles. The summed E-state index contributed by atoms with van der Waals surface area (Å²) in [5, 5.41) is 0. The molecule has 0 saturated heterocycles. The number of rotatable bonds is 1. The number of anilines is 1. The molecule has 5 nitrogen and oxygen atoms in total. The molecule has 0 saturated carbocycles. The smallest absolute Gasteiger partial charge is 0.198 e. The van der Waals surface area contributed by atoms with Gasteiger partial charge in [0.15, 0.2) is 11.6 Å². The molecule has 1 aliphatic rings. The van der Waals surface area contributed by atoms with E-state index in [0.29, 0.717) is 11.6 Å². The molecule has 2 N–H and O–H groups in total. The lowest BCUT2D eigenvalue weighted by atomic mass is 10.2. The van der Waals surface area contributed by atoms with Gasteiger partial charge >= 0.3 is 0 Å². The lowest BCUT2D eigenvalue weighted by molar-refractivity contribution is 0.901. The summed E-state index contributed by atoms with van der Waals surface area (Å²) in [4.78, 5) is 13.1. The topological polar surface area (TPSA) is 69.6 Å². The zero-order valence-corrected chi connectivity index (χ0v) is 9.66. The van der Waals surface area contributed by atoms with Gasteiger partial charge in [0.2, 0.25) is 0 Å². The number of thioether (sulfide) groups is 1. The molecule has 3 rings (SSSR count). The standard InChI is InChI=1S/C10H11N5S/c1-15-3-2-12-10(15)9-13-7-5-16-4-6(7)8(11)14-9/h2-3H,4-5H2,1H3,(H2,11,13,14). The van der Waals surface area contributed by atoms with Crippen LogP contribution in [0.15, 0.2) is 12.4 Å². The van der Waals surface area contributed by atoms with Gasteiger partial charge in [0.05, 0.1) is 5.69 Å². The van der Waals surface area contributed by atoms with Crippen molar-refractivity contribution in [3.05, 3.63) is 23.7 Å². The molecule has 0 radical (unpaired) electrons. The Balaban J connectivity index is 2.17. The normalized spacial score (nSPS) is 14.1. The van der Waals surface area contributed by atoms with E-state index < -0.39 is 0 Å². The Morgan fingerprint density at radius 2 is 2.25 bits per heavy atom. The van der Waals surface area contributed by atoms with Gasteiger partial charge in [0.25, 0.3) is 0 Å². The number of nitrogens with two attached hydrogens (primary N) is 1. The summed E-state index contributed by atoms with van der Waals surface area (Å²) in [5.41, 5.74) is 8.06. The molecule has 2 aromatic heterocycles. The van der Waals surface area contributed by atoms with Crippen LogP contribution in [0.3, 0.4) is 0 Å². The largest absolute Gasteiger partial charge is 0.383 e. The summed E-state index contributed by atoms with van der Waals surface area (Å²) >= 11 is 1.82. The van der Waals surface area contributed by atoms with Crippen LogP contribution in [0.2, 0.25) is 0 Å². The second kappa shape index (κ2) is 3.48. The fourth-order valence-electron chi connectivity index (χ4n) is 1.76. The number of fused-ring (bicyclic) bond motifs is 1. The van der Waals surface area contributed by atoms with Crippen molar-refractivity contribution in [3.63, 3.8) is 0 Å². The van der Waals surface area contributed by atoms with Gasteiger partial charge in [-0.2, -0.15) is 11.8 Å². The van der Waals surface area contributed by atoms with Crippen LogP contribution in [0.25, 0.3) is 11.6 Å². The molecular formula is C10H11N5S. The van der Waals surface area contributed by atoms with Crippen molar-refractivity contribution in [3.8, 4) is 11.6 Å². The van der Waals surface area contributed by atoms with Gasteiger partial charge in [-0.15, -0.1) is 0 Å². The zero-order chi connectivity index (χ0) is 11.1. The first-order valence-electron chi connectivity index (χ1n) is 4.96. The van der Waals surface area contributed by atoms with Gasteiger partial charge in [-0.25, -0.2) is 15.0 Å². The van der Waals surface area contributed by atoms with Crippen LogP contribution in [0.1, 0.15) is 11.3 Å². The Kier molecular flexibility index (Phi) is 2.10. The molecule has 6 heteroatoms. The molecule has 0 aromatic carbocycles. The van der Waals surface area contributed by atoms with Crippen LogP contribution in [0, 0.1) is 0 Å². The lowest BCUT2D eigenvalue weighted by Crippen LogP contribution is -2.05. The van der Waals surface area contributed by atoms with Gasteiger partial charge in [-0.3, -0.25) is 0 Å². The third kappa shape index (κ3) is 1.37. The summed E-state index contributed by atoms with van der Waals surface area (Å²) in [6, 6.07) is 0. The Hall–Kier alpha value is -1.56. The molecule has 3 heterocycles. The third-order valence-corrected chi connectivity index (χ3v) is 3.60. The monoisotopic (exact) mass is 233 g/mol. The van der Waals surface area contributed by atoms with Crippen molar-refractivity contribution >= 4 is 17.6 Å². The van der Waals surface area contributed by atoms with Crippen molar-refractivity contribution in [1.82, 2.24) is 19.5 Å². The van der Waals surface area contributed by atoms with Crippen molar-refractivity contribution in [2.45, 2.75) is 11.5 Å². The number of aromatic nitrogens is 4. The van der Waals surface area contributed by atoms with E-state index in [1.54, 1.807) is 6.20 Å². The second-order valence-corrected chi connectivity index (χ2v) is 4.70. The zero-order valence-electron chi connectivity index (χ0n) is 8.84. The SMILES string of the molecule is Cn1ccnc1-c1nc(N)c2c(n1)CSC2. The van der Waals surface area contributed by atoms with Gasteiger partial charge in [0, 0.05) is 36.5 Å². The number of hydrogen-bond acceptors (Lipinski definition) is 5. The predicted octanol–water partition coefficient (Wildman–Crippen LogP) is 1.21. The number of nitrogens with zero attached hydrogens (tertiary/aromatic N) is 4. The summed E-state index contributed by atoms with van der Waals surface area (Å²) in [7, 11) is 1.92. The highest BCUT2D eigenvalue weighted by molar-refractivity contribution is 7.98. The van der Waals surface area contributed by atoms with Crippen molar-refractivity contribution in [2.24, 2.45) is 7.05 Å². The highest BCUT2D eigenvalue weighted by atomic mass is 32.2. The number of aryl methyl sites for hydroxylation is 1. The summed E-state index contributed by atoms with van der Waals surface area (Å²) in [5.74, 6) is 3.80. The first kappa shape index (κ1) is 9.65. The Morgan fingerprint density at radius 1 is 1.38 bits per heavy atom. The number of imidazole rings is 1. The van der Waals surface area contributed by atoms with E-state index in [1.165, 1.54) is 0 Å². The van der Waals surface area contributed by atoms with Crippen molar-refractivity contribution in [2.75, 3.05) is 5.73 Å². The summed E-state index contributed by atoms with van der Waals surface area (Å²) in [6.45, 7) is 0. The maximum Gasteiger partial charge on any atom is 0.198 e. The molecule has 16 heavy (non-hydrogen) atoms. The fraction of sp³-hybridized carbons (Fsp3) is 0.300. The first-order valence-corrected chi connectivity index (χ1v) is 6.12. The van der Waals surface area contributed by atoms with Gasteiger partial charge in [-0.1, -0.05) is 0 Å². The minimum atomic E-state index is 0.591. The number of hydrogen-bond donors (Lipinski definition) is 1. The third-order valence-electron chi connectivity index (χ3n) is 2.63. The van der Waals surface area contributed by atoms with E-state index in [0.717, 1.165) is 28.6 Å². The summed E-state index contributed by atoms with van der Waals surface area (Å²) < 4.78 is 1.89. The van der Waals surface area contributed by atoms with Crippen LogP contribution in [0.5, 0.6) is 0 Å². The summed E-state index contributed by atoms with van der Waals surface area (Å²) in [6.07, 6.45) is 3.60. The van der Waals surface area contributed by atoms with E-state index in [-0.39, 0.29) is 0 Å². The molecule has 0 spiro atoms. The van der Waals surface area contributed by atoms with Gasteiger partial charge in [-0.05, 0) is 0 Å². The van der Waals surface area contributed by atoms with E-state index >= 15 is 0 Å². The Bertz CT molecular complexity index is 548. The molecule has 2 aromatic rings. The highest BCUT2D eigenvalue weighted by Crippen LogP contribution is 2.32. The minimum absolute atomic E-state index is 0.591. The van der Waals surface area contributed by atoms with E-state index in [2.05, 4.69) is 15.0 Å². The van der Waals surface area contributed by atoms with Crippen LogP contribution >= 0.6 is 11.8 Å². The van der Waals surface area contributed by atoms with Gasteiger partial charge in [0.1, 0.15) is 5.82 Å². The Labute approximate surface area is 97.1 Å². The van der Waals surface area contributed by atoms with Crippen molar-refractivity contribution < 1.29 is 0 Å². The fourth-order valence-corrected chi connectivity index (χ4v) is 2.81. The molecule has 0 fully saturated rings. The van der Waals surface area contributed by atoms with Crippen LogP contribution in [-0.4, -0.2) is 19.5 Å². The Morgan fingerprint density at radius 3 is 3.00 bits per heavy atom.